The van der Waals surface area contributed by atoms with E-state index in [2.05, 4.69) is 0 Å². The summed E-state index contributed by atoms with van der Waals surface area (Å²) >= 11 is 0. The van der Waals surface area contributed by atoms with Gasteiger partial charge in [-0.05, 0) is 6.92 Å². The van der Waals surface area contributed by atoms with Crippen molar-refractivity contribution in [1.29, 1.82) is 0 Å². The third-order valence-corrected chi connectivity index (χ3v) is 3.33. The van der Waals surface area contributed by atoms with Crippen LogP contribution in [0.3, 0.4) is 0 Å². The van der Waals surface area contributed by atoms with Crippen molar-refractivity contribution in [2.45, 2.75) is 49.7 Å². The largest absolute Gasteiger partial charge is 0.394 e. The third kappa shape index (κ3) is 1.85. The van der Waals surface area contributed by atoms with Crippen molar-refractivity contribution in [2.24, 2.45) is 0 Å². The standard InChI is InChI=1S/C10H18O6/c1-10(14-2)3-6-9(16-10)7(13)8(15-6)5(12)4-11/h5-9,11-13H,3-4H2,1-2H3/t5-,6-,7+,8-,9+,10+/m1/s1. The Morgan fingerprint density at radius 1 is 1.56 bits per heavy atom. The van der Waals surface area contributed by atoms with E-state index in [1.54, 1.807) is 6.92 Å². The van der Waals surface area contributed by atoms with Crippen LogP contribution in [0.4, 0.5) is 0 Å². The molecule has 0 radical (unpaired) electrons. The molecule has 0 spiro atoms. The summed E-state index contributed by atoms with van der Waals surface area (Å²) in [6.07, 6.45) is -3.12. The van der Waals surface area contributed by atoms with Gasteiger partial charge in [-0.25, -0.2) is 0 Å². The van der Waals surface area contributed by atoms with Crippen molar-refractivity contribution in [3.05, 3.63) is 0 Å². The van der Waals surface area contributed by atoms with E-state index in [1.807, 2.05) is 0 Å². The molecule has 2 aliphatic heterocycles. The average Bonchev–Trinajstić information content (AvgIpc) is 2.75. The molecule has 0 aromatic rings. The number of aliphatic hydroxyl groups excluding tert-OH is 3. The number of rotatable bonds is 3. The van der Waals surface area contributed by atoms with Crippen LogP contribution in [0.2, 0.25) is 0 Å². The van der Waals surface area contributed by atoms with Crippen LogP contribution in [0.25, 0.3) is 0 Å². The monoisotopic (exact) mass is 234 g/mol. The second kappa shape index (κ2) is 4.21. The van der Waals surface area contributed by atoms with Crippen LogP contribution >= 0.6 is 0 Å². The molecule has 6 atom stereocenters. The quantitative estimate of drug-likeness (QED) is 0.558. The minimum absolute atomic E-state index is 0.300. The lowest BCUT2D eigenvalue weighted by Crippen LogP contribution is -2.42. The van der Waals surface area contributed by atoms with E-state index < -0.39 is 36.8 Å². The van der Waals surface area contributed by atoms with Crippen LogP contribution in [0.5, 0.6) is 0 Å². The molecule has 0 saturated carbocycles. The average molecular weight is 234 g/mol. The second-order valence-corrected chi connectivity index (χ2v) is 4.50. The van der Waals surface area contributed by atoms with E-state index in [0.717, 1.165) is 0 Å². The fourth-order valence-corrected chi connectivity index (χ4v) is 2.33. The highest BCUT2D eigenvalue weighted by Gasteiger charge is 2.56. The SMILES string of the molecule is CO[C@]1(C)C[C@H]2O[C@H]([C@H](O)CO)[C@H](O)[C@H]2O1. The van der Waals surface area contributed by atoms with Gasteiger partial charge in [0.25, 0.3) is 0 Å². The molecule has 0 unspecified atom stereocenters. The van der Waals surface area contributed by atoms with Gasteiger partial charge >= 0.3 is 0 Å². The molecule has 94 valence electrons. The van der Waals surface area contributed by atoms with Gasteiger partial charge < -0.3 is 29.5 Å². The number of ether oxygens (including phenoxy) is 3. The number of fused-ring (bicyclic) bond motifs is 1. The lowest BCUT2D eigenvalue weighted by atomic mass is 10.0. The normalized spacial score (nSPS) is 49.3. The van der Waals surface area contributed by atoms with Crippen LogP contribution in [-0.4, -0.2) is 65.3 Å². The molecular formula is C10H18O6. The van der Waals surface area contributed by atoms with Crippen molar-refractivity contribution >= 4 is 0 Å². The van der Waals surface area contributed by atoms with Crippen LogP contribution in [0.15, 0.2) is 0 Å². The molecule has 16 heavy (non-hydrogen) atoms. The van der Waals surface area contributed by atoms with Gasteiger partial charge in [-0.1, -0.05) is 0 Å². The minimum Gasteiger partial charge on any atom is -0.394 e. The molecule has 0 aromatic heterocycles. The predicted octanol–water partition coefficient (Wildman–Crippen LogP) is -1.38. The van der Waals surface area contributed by atoms with E-state index in [0.29, 0.717) is 6.42 Å². The van der Waals surface area contributed by atoms with Gasteiger partial charge in [0.2, 0.25) is 0 Å². The number of methoxy groups -OCH3 is 1. The summed E-state index contributed by atoms with van der Waals surface area (Å²) in [7, 11) is 1.54. The molecule has 0 amide bonds. The lowest BCUT2D eigenvalue weighted by molar-refractivity contribution is -0.217. The summed E-state index contributed by atoms with van der Waals surface area (Å²) in [5.74, 6) is -0.745. The van der Waals surface area contributed by atoms with Crippen LogP contribution in [0.1, 0.15) is 13.3 Å². The van der Waals surface area contributed by atoms with Crippen molar-refractivity contribution in [2.75, 3.05) is 13.7 Å². The van der Waals surface area contributed by atoms with Gasteiger partial charge in [-0.2, -0.15) is 0 Å². The van der Waals surface area contributed by atoms with Gasteiger partial charge in [-0.15, -0.1) is 0 Å². The molecule has 2 fully saturated rings. The number of aliphatic hydroxyl groups is 3. The van der Waals surface area contributed by atoms with E-state index in [-0.39, 0.29) is 6.10 Å². The first-order chi connectivity index (χ1) is 7.50. The molecule has 6 heteroatoms. The molecule has 0 aromatic carbocycles. The first-order valence-electron chi connectivity index (χ1n) is 5.36. The predicted molar refractivity (Wildman–Crippen MR) is 52.7 cm³/mol. The Balaban J connectivity index is 2.04. The molecule has 0 aliphatic carbocycles. The van der Waals surface area contributed by atoms with E-state index in [4.69, 9.17) is 19.3 Å². The molecular weight excluding hydrogens is 216 g/mol. The van der Waals surface area contributed by atoms with Crippen LogP contribution in [-0.2, 0) is 14.2 Å². The van der Waals surface area contributed by atoms with E-state index in [9.17, 15) is 10.2 Å². The maximum Gasteiger partial charge on any atom is 0.168 e. The second-order valence-electron chi connectivity index (χ2n) is 4.50. The maximum absolute atomic E-state index is 9.91. The Labute approximate surface area is 93.7 Å². The topological polar surface area (TPSA) is 88.4 Å². The van der Waals surface area contributed by atoms with Gasteiger partial charge in [0.15, 0.2) is 5.79 Å². The fourth-order valence-electron chi connectivity index (χ4n) is 2.33. The molecule has 2 aliphatic rings. The fraction of sp³-hybridized carbons (Fsp3) is 1.00. The van der Waals surface area contributed by atoms with Crippen molar-refractivity contribution < 1.29 is 29.5 Å². The van der Waals surface area contributed by atoms with Crippen molar-refractivity contribution in [3.8, 4) is 0 Å². The summed E-state index contributed by atoms with van der Waals surface area (Å²) in [5, 5.41) is 28.2. The highest BCUT2D eigenvalue weighted by atomic mass is 16.7. The Kier molecular flexibility index (Phi) is 3.22. The smallest absolute Gasteiger partial charge is 0.168 e. The first kappa shape index (κ1) is 12.2. The molecule has 2 heterocycles. The van der Waals surface area contributed by atoms with Gasteiger partial charge in [0, 0.05) is 13.5 Å². The number of hydrogen-bond acceptors (Lipinski definition) is 6. The summed E-state index contributed by atoms with van der Waals surface area (Å²) < 4.78 is 16.2. The molecule has 6 nitrogen and oxygen atoms in total. The third-order valence-electron chi connectivity index (χ3n) is 3.33. The van der Waals surface area contributed by atoms with Crippen molar-refractivity contribution in [1.82, 2.24) is 0 Å². The van der Waals surface area contributed by atoms with E-state index in [1.165, 1.54) is 7.11 Å². The summed E-state index contributed by atoms with van der Waals surface area (Å²) in [6, 6.07) is 0. The van der Waals surface area contributed by atoms with Crippen LogP contribution in [0, 0.1) is 0 Å². The van der Waals surface area contributed by atoms with Crippen molar-refractivity contribution in [3.63, 3.8) is 0 Å². The molecule has 3 N–H and O–H groups in total. The zero-order valence-corrected chi connectivity index (χ0v) is 9.37. The van der Waals surface area contributed by atoms with Gasteiger partial charge in [-0.3, -0.25) is 0 Å². The lowest BCUT2D eigenvalue weighted by Gasteiger charge is -2.27. The molecule has 2 rings (SSSR count). The summed E-state index contributed by atoms with van der Waals surface area (Å²) in [4.78, 5) is 0. The van der Waals surface area contributed by atoms with Gasteiger partial charge in [0.05, 0.1) is 12.7 Å². The van der Waals surface area contributed by atoms with Crippen LogP contribution < -0.4 is 0 Å². The Morgan fingerprint density at radius 3 is 2.75 bits per heavy atom. The Hall–Kier alpha value is -0.240. The van der Waals surface area contributed by atoms with Gasteiger partial charge in [0.1, 0.15) is 24.4 Å². The highest BCUT2D eigenvalue weighted by Crippen LogP contribution is 2.40. The highest BCUT2D eigenvalue weighted by molar-refractivity contribution is 5.01. The van der Waals surface area contributed by atoms with E-state index >= 15 is 0 Å². The number of hydrogen-bond donors (Lipinski definition) is 3. The molecule has 0 bridgehead atoms. The minimum atomic E-state index is -1.09. The zero-order valence-electron chi connectivity index (χ0n) is 9.37. The Bertz CT molecular complexity index is 258. The Morgan fingerprint density at radius 2 is 2.25 bits per heavy atom. The zero-order chi connectivity index (χ0) is 11.9. The summed E-state index contributed by atoms with van der Waals surface area (Å²) in [6.45, 7) is 1.33. The molecule has 2 saturated heterocycles. The first-order valence-corrected chi connectivity index (χ1v) is 5.36. The maximum atomic E-state index is 9.91. The summed E-state index contributed by atoms with van der Waals surface area (Å²) in [5.41, 5.74) is 0.